The van der Waals surface area contributed by atoms with Crippen LogP contribution in [0.3, 0.4) is 0 Å². The van der Waals surface area contributed by atoms with Gasteiger partial charge in [-0.15, -0.1) is 0 Å². The Morgan fingerprint density at radius 3 is 2.61 bits per heavy atom. The topological polar surface area (TPSA) is 39.1 Å². The predicted molar refractivity (Wildman–Crippen MR) is 73.0 cm³/mol. The van der Waals surface area contributed by atoms with Gasteiger partial charge in [0.1, 0.15) is 5.78 Å². The predicted octanol–water partition coefficient (Wildman–Crippen LogP) is 2.23. The SMILES string of the molecule is CCc1cccc2cc(CC(C)=O)c(=O)n(C)c12. The highest BCUT2D eigenvalue weighted by Crippen LogP contribution is 2.18. The number of carbonyl (C=O) groups excluding carboxylic acids is 1. The fraction of sp³-hybridized carbons (Fsp3) is 0.333. The summed E-state index contributed by atoms with van der Waals surface area (Å²) in [5.41, 5.74) is 2.63. The van der Waals surface area contributed by atoms with E-state index in [0.717, 1.165) is 22.9 Å². The van der Waals surface area contributed by atoms with E-state index in [1.54, 1.807) is 11.6 Å². The first-order chi connectivity index (χ1) is 8.54. The van der Waals surface area contributed by atoms with Crippen LogP contribution in [0.5, 0.6) is 0 Å². The lowest BCUT2D eigenvalue weighted by molar-refractivity contribution is -0.116. The highest BCUT2D eigenvalue weighted by atomic mass is 16.1. The molecule has 0 amide bonds. The van der Waals surface area contributed by atoms with Gasteiger partial charge in [0, 0.05) is 19.0 Å². The Morgan fingerprint density at radius 1 is 1.28 bits per heavy atom. The molecule has 1 heterocycles. The number of ketones is 1. The molecule has 0 bridgehead atoms. The van der Waals surface area contributed by atoms with Crippen LogP contribution in [0.4, 0.5) is 0 Å². The molecule has 0 saturated carbocycles. The molecule has 3 nitrogen and oxygen atoms in total. The molecule has 0 unspecified atom stereocenters. The second-order valence-electron chi connectivity index (χ2n) is 4.62. The van der Waals surface area contributed by atoms with Crippen molar-refractivity contribution in [2.75, 3.05) is 0 Å². The van der Waals surface area contributed by atoms with E-state index in [9.17, 15) is 9.59 Å². The standard InChI is InChI=1S/C15H17NO2/c1-4-11-6-5-7-12-9-13(8-10(2)17)15(18)16(3)14(11)12/h5-7,9H,4,8H2,1-3H3. The molecule has 0 atom stereocenters. The molecule has 2 rings (SSSR count). The van der Waals surface area contributed by atoms with Gasteiger partial charge in [0.05, 0.1) is 5.52 Å². The summed E-state index contributed by atoms with van der Waals surface area (Å²) in [5, 5.41) is 1.02. The first kappa shape index (κ1) is 12.6. The van der Waals surface area contributed by atoms with E-state index >= 15 is 0 Å². The van der Waals surface area contributed by atoms with Crippen LogP contribution in [0, 0.1) is 0 Å². The van der Waals surface area contributed by atoms with Crippen molar-refractivity contribution in [3.05, 3.63) is 45.7 Å². The summed E-state index contributed by atoms with van der Waals surface area (Å²) >= 11 is 0. The lowest BCUT2D eigenvalue weighted by atomic mass is 10.0. The zero-order chi connectivity index (χ0) is 13.3. The number of para-hydroxylation sites is 1. The fourth-order valence-electron chi connectivity index (χ4n) is 2.38. The largest absolute Gasteiger partial charge is 0.311 e. The lowest BCUT2D eigenvalue weighted by Crippen LogP contribution is -2.23. The van der Waals surface area contributed by atoms with Gasteiger partial charge < -0.3 is 4.57 Å². The smallest absolute Gasteiger partial charge is 0.254 e. The summed E-state index contributed by atoms with van der Waals surface area (Å²) in [6, 6.07) is 7.85. The van der Waals surface area contributed by atoms with Crippen LogP contribution in [0.2, 0.25) is 0 Å². The van der Waals surface area contributed by atoms with Crippen molar-refractivity contribution in [2.24, 2.45) is 7.05 Å². The first-order valence-corrected chi connectivity index (χ1v) is 6.14. The summed E-state index contributed by atoms with van der Waals surface area (Å²) < 4.78 is 1.66. The molecule has 0 fully saturated rings. The van der Waals surface area contributed by atoms with Gasteiger partial charge in [0.25, 0.3) is 5.56 Å². The molecule has 0 aliphatic rings. The number of rotatable bonds is 3. The van der Waals surface area contributed by atoms with E-state index in [-0.39, 0.29) is 17.8 Å². The Kier molecular flexibility index (Phi) is 3.32. The van der Waals surface area contributed by atoms with E-state index < -0.39 is 0 Å². The third-order valence-corrected chi connectivity index (χ3v) is 3.22. The Bertz CT molecular complexity index is 668. The monoisotopic (exact) mass is 243 g/mol. The third kappa shape index (κ3) is 2.08. The molecule has 2 aromatic rings. The van der Waals surface area contributed by atoms with Gasteiger partial charge in [-0.2, -0.15) is 0 Å². The first-order valence-electron chi connectivity index (χ1n) is 6.14. The average Bonchev–Trinajstić information content (AvgIpc) is 2.34. The van der Waals surface area contributed by atoms with Crippen LogP contribution in [-0.4, -0.2) is 10.4 Å². The molecule has 1 aromatic heterocycles. The van der Waals surface area contributed by atoms with Crippen molar-refractivity contribution in [2.45, 2.75) is 26.7 Å². The molecule has 0 radical (unpaired) electrons. The van der Waals surface area contributed by atoms with Gasteiger partial charge in [0.2, 0.25) is 0 Å². The second-order valence-corrected chi connectivity index (χ2v) is 4.62. The molecular weight excluding hydrogens is 226 g/mol. The number of pyridine rings is 1. The van der Waals surface area contributed by atoms with Crippen LogP contribution >= 0.6 is 0 Å². The number of benzene rings is 1. The Morgan fingerprint density at radius 2 is 2.00 bits per heavy atom. The van der Waals surface area contributed by atoms with Gasteiger partial charge >= 0.3 is 0 Å². The molecule has 1 aromatic carbocycles. The maximum absolute atomic E-state index is 12.2. The summed E-state index contributed by atoms with van der Waals surface area (Å²) in [7, 11) is 1.77. The van der Waals surface area contributed by atoms with Crippen LogP contribution in [0.25, 0.3) is 10.9 Å². The van der Waals surface area contributed by atoms with Crippen LogP contribution in [-0.2, 0) is 24.7 Å². The quantitative estimate of drug-likeness (QED) is 0.829. The third-order valence-electron chi connectivity index (χ3n) is 3.22. The number of aryl methyl sites for hydroxylation is 2. The summed E-state index contributed by atoms with van der Waals surface area (Å²) in [6.45, 7) is 3.58. The molecule has 0 spiro atoms. The van der Waals surface area contributed by atoms with Crippen molar-refractivity contribution < 1.29 is 4.79 Å². The zero-order valence-corrected chi connectivity index (χ0v) is 11.0. The van der Waals surface area contributed by atoms with E-state index in [1.807, 2.05) is 24.3 Å². The maximum Gasteiger partial charge on any atom is 0.254 e. The van der Waals surface area contributed by atoms with Crippen molar-refractivity contribution in [3.8, 4) is 0 Å². The minimum Gasteiger partial charge on any atom is -0.311 e. The second kappa shape index (κ2) is 4.77. The number of fused-ring (bicyclic) bond motifs is 1. The fourth-order valence-corrected chi connectivity index (χ4v) is 2.38. The molecule has 94 valence electrons. The maximum atomic E-state index is 12.2. The zero-order valence-electron chi connectivity index (χ0n) is 11.0. The van der Waals surface area contributed by atoms with Gasteiger partial charge in [-0.3, -0.25) is 9.59 Å². The molecule has 3 heteroatoms. The highest BCUT2D eigenvalue weighted by molar-refractivity contribution is 5.85. The number of hydrogen-bond acceptors (Lipinski definition) is 2. The number of nitrogens with zero attached hydrogens (tertiary/aromatic N) is 1. The van der Waals surface area contributed by atoms with Crippen molar-refractivity contribution >= 4 is 16.7 Å². The number of hydrogen-bond donors (Lipinski definition) is 0. The number of carbonyl (C=O) groups is 1. The van der Waals surface area contributed by atoms with Crippen LogP contribution < -0.4 is 5.56 Å². The van der Waals surface area contributed by atoms with Crippen LogP contribution in [0.1, 0.15) is 25.0 Å². The molecule has 0 aliphatic carbocycles. The van der Waals surface area contributed by atoms with E-state index in [2.05, 4.69) is 6.92 Å². The average molecular weight is 243 g/mol. The Balaban J connectivity index is 2.79. The van der Waals surface area contributed by atoms with Crippen LogP contribution in [0.15, 0.2) is 29.1 Å². The minimum absolute atomic E-state index is 0.0121. The van der Waals surface area contributed by atoms with E-state index in [0.29, 0.717) is 5.56 Å². The number of Topliss-reactive ketones (excluding diaryl/α,β-unsaturated/α-hetero) is 1. The molecular formula is C15H17NO2. The van der Waals surface area contributed by atoms with Crippen molar-refractivity contribution in [3.63, 3.8) is 0 Å². The molecule has 0 N–H and O–H groups in total. The Labute approximate surface area is 106 Å². The molecule has 18 heavy (non-hydrogen) atoms. The van der Waals surface area contributed by atoms with Gasteiger partial charge in [-0.05, 0) is 30.4 Å². The van der Waals surface area contributed by atoms with E-state index in [1.165, 1.54) is 6.92 Å². The van der Waals surface area contributed by atoms with Crippen molar-refractivity contribution in [1.29, 1.82) is 0 Å². The van der Waals surface area contributed by atoms with Gasteiger partial charge in [-0.1, -0.05) is 25.1 Å². The minimum atomic E-state index is -0.0707. The molecule has 0 aliphatic heterocycles. The lowest BCUT2D eigenvalue weighted by Gasteiger charge is -2.11. The van der Waals surface area contributed by atoms with Crippen molar-refractivity contribution in [1.82, 2.24) is 4.57 Å². The summed E-state index contributed by atoms with van der Waals surface area (Å²) in [5.74, 6) is 0.0121. The highest BCUT2D eigenvalue weighted by Gasteiger charge is 2.10. The molecule has 0 saturated heterocycles. The number of aromatic nitrogens is 1. The normalized spacial score (nSPS) is 10.8. The summed E-state index contributed by atoms with van der Waals surface area (Å²) in [4.78, 5) is 23.4. The Hall–Kier alpha value is -1.90. The van der Waals surface area contributed by atoms with E-state index in [4.69, 9.17) is 0 Å². The van der Waals surface area contributed by atoms with Gasteiger partial charge in [0.15, 0.2) is 0 Å². The summed E-state index contributed by atoms with van der Waals surface area (Å²) in [6.07, 6.45) is 1.09. The van der Waals surface area contributed by atoms with Gasteiger partial charge in [-0.25, -0.2) is 0 Å².